The van der Waals surface area contributed by atoms with Gasteiger partial charge < -0.3 is 19.6 Å². The number of phenols is 1. The summed E-state index contributed by atoms with van der Waals surface area (Å²) in [7, 11) is 0. The van der Waals surface area contributed by atoms with Crippen LogP contribution in [0.5, 0.6) is 5.75 Å². The quantitative estimate of drug-likeness (QED) is 0.164. The van der Waals surface area contributed by atoms with Crippen LogP contribution in [0.4, 0.5) is 4.39 Å². The summed E-state index contributed by atoms with van der Waals surface area (Å²) in [5.74, 6) is -0.0671. The van der Waals surface area contributed by atoms with Crippen LogP contribution in [0.15, 0.2) is 72.8 Å². The van der Waals surface area contributed by atoms with Crippen molar-refractivity contribution in [3.05, 3.63) is 101 Å². The fraction of sp³-hybridized carbons (Fsp3) is 0.500. The molecule has 3 atom stereocenters. The van der Waals surface area contributed by atoms with E-state index in [0.717, 1.165) is 81.6 Å². The zero-order valence-corrected chi connectivity index (χ0v) is 29.4. The number of ether oxygens (including phenoxy) is 1. The molecule has 5 rings (SSSR count). The molecule has 0 aromatic heterocycles. The lowest BCUT2D eigenvalue weighted by Crippen LogP contribution is -2.56. The van der Waals surface area contributed by atoms with Crippen molar-refractivity contribution in [3.63, 3.8) is 0 Å². The summed E-state index contributed by atoms with van der Waals surface area (Å²) in [6.45, 7) is 13.1. The van der Waals surface area contributed by atoms with Gasteiger partial charge in [-0.05, 0) is 106 Å². The van der Waals surface area contributed by atoms with Crippen LogP contribution >= 0.6 is 0 Å². The number of phenolic OH excluding ortho intramolecular Hbond substituents is 1. The number of rotatable bonds is 13. The van der Waals surface area contributed by atoms with Crippen LogP contribution in [0.25, 0.3) is 0 Å². The van der Waals surface area contributed by atoms with E-state index in [0.29, 0.717) is 31.7 Å². The predicted octanol–water partition coefficient (Wildman–Crippen LogP) is 6.49. The van der Waals surface area contributed by atoms with Gasteiger partial charge in [0.25, 0.3) is 5.91 Å². The summed E-state index contributed by atoms with van der Waals surface area (Å²) >= 11 is 0. The van der Waals surface area contributed by atoms with E-state index in [2.05, 4.69) is 40.7 Å². The summed E-state index contributed by atoms with van der Waals surface area (Å²) in [6.07, 6.45) is 4.27. The molecule has 0 bridgehead atoms. The van der Waals surface area contributed by atoms with E-state index in [1.807, 2.05) is 48.2 Å². The Bertz CT molecular complexity index is 1540. The van der Waals surface area contributed by atoms with Gasteiger partial charge in [0.1, 0.15) is 11.6 Å². The lowest BCUT2D eigenvalue weighted by atomic mass is 9.92. The molecule has 264 valence electrons. The van der Waals surface area contributed by atoms with Crippen molar-refractivity contribution < 1.29 is 23.8 Å². The highest BCUT2D eigenvalue weighted by Crippen LogP contribution is 2.35. The van der Waals surface area contributed by atoms with Crippen molar-refractivity contribution in [2.75, 3.05) is 52.4 Å². The molecule has 3 aromatic rings. The molecule has 2 aliphatic heterocycles. The molecule has 3 aromatic carbocycles. The Hall–Kier alpha value is -3.79. The van der Waals surface area contributed by atoms with E-state index in [1.54, 1.807) is 18.2 Å². The molecule has 0 spiro atoms. The van der Waals surface area contributed by atoms with Gasteiger partial charge in [-0.3, -0.25) is 19.4 Å². The maximum absolute atomic E-state index is 14.0. The first-order valence-corrected chi connectivity index (χ1v) is 18.0. The third-order valence-corrected chi connectivity index (χ3v) is 9.94. The topological polar surface area (TPSA) is 76.6 Å². The average molecular weight is 673 g/mol. The Morgan fingerprint density at radius 3 is 2.43 bits per heavy atom. The van der Waals surface area contributed by atoms with Crippen molar-refractivity contribution in [3.8, 4) is 5.75 Å². The Kier molecular flexibility index (Phi) is 13.2. The SMILES string of the molecule is CCOC(=O)CCCCCN1CCCN(C(=O)c2cccc(C(c3cccc(O)c3)N3C[C@@H](C)N(Cc4cccc(F)c4)C[C@@H]3C)c2)CC1. The highest BCUT2D eigenvalue weighted by molar-refractivity contribution is 5.94. The predicted molar refractivity (Wildman–Crippen MR) is 191 cm³/mol. The lowest BCUT2D eigenvalue weighted by Gasteiger charge is -2.47. The van der Waals surface area contributed by atoms with Crippen LogP contribution in [0.2, 0.25) is 0 Å². The Labute approximate surface area is 291 Å². The van der Waals surface area contributed by atoms with Crippen molar-refractivity contribution in [2.24, 2.45) is 0 Å². The number of hydrogen-bond acceptors (Lipinski definition) is 7. The number of benzene rings is 3. The summed E-state index contributed by atoms with van der Waals surface area (Å²) in [4.78, 5) is 34.9. The number of unbranched alkanes of at least 4 members (excludes halogenated alkanes) is 2. The number of esters is 1. The van der Waals surface area contributed by atoms with Crippen molar-refractivity contribution >= 4 is 11.9 Å². The fourth-order valence-corrected chi connectivity index (χ4v) is 7.38. The van der Waals surface area contributed by atoms with Gasteiger partial charge in [0.2, 0.25) is 0 Å². The maximum Gasteiger partial charge on any atom is 0.305 e. The third-order valence-electron chi connectivity index (χ3n) is 9.94. The normalized spacial score (nSPS) is 20.1. The second kappa shape index (κ2) is 17.7. The minimum atomic E-state index is -0.216. The van der Waals surface area contributed by atoms with E-state index in [-0.39, 0.29) is 41.6 Å². The van der Waals surface area contributed by atoms with Gasteiger partial charge in [0.05, 0.1) is 12.6 Å². The zero-order valence-electron chi connectivity index (χ0n) is 29.4. The molecule has 9 heteroatoms. The molecule has 8 nitrogen and oxygen atoms in total. The minimum Gasteiger partial charge on any atom is -0.508 e. The molecule has 49 heavy (non-hydrogen) atoms. The van der Waals surface area contributed by atoms with E-state index in [4.69, 9.17) is 4.74 Å². The highest BCUT2D eigenvalue weighted by Gasteiger charge is 2.35. The summed E-state index contributed by atoms with van der Waals surface area (Å²) < 4.78 is 19.0. The molecular weight excluding hydrogens is 619 g/mol. The van der Waals surface area contributed by atoms with Gasteiger partial charge in [-0.2, -0.15) is 0 Å². The number of carbonyl (C=O) groups excluding carboxylic acids is 2. The summed E-state index contributed by atoms with van der Waals surface area (Å²) in [5.41, 5.74) is 3.65. The number of carbonyl (C=O) groups is 2. The van der Waals surface area contributed by atoms with Gasteiger partial charge in [-0.25, -0.2) is 4.39 Å². The van der Waals surface area contributed by atoms with Crippen LogP contribution in [0.3, 0.4) is 0 Å². The molecular formula is C40H53FN4O4. The Morgan fingerprint density at radius 1 is 0.878 bits per heavy atom. The van der Waals surface area contributed by atoms with Gasteiger partial charge in [0.15, 0.2) is 0 Å². The molecule has 2 fully saturated rings. The molecule has 1 N–H and O–H groups in total. The molecule has 2 saturated heterocycles. The monoisotopic (exact) mass is 672 g/mol. The lowest BCUT2D eigenvalue weighted by molar-refractivity contribution is -0.143. The molecule has 2 heterocycles. The molecule has 1 unspecified atom stereocenters. The first-order chi connectivity index (χ1) is 23.7. The van der Waals surface area contributed by atoms with Crippen LogP contribution < -0.4 is 0 Å². The number of amides is 1. The fourth-order valence-electron chi connectivity index (χ4n) is 7.38. The number of nitrogens with zero attached hydrogens (tertiary/aromatic N) is 4. The number of aromatic hydroxyl groups is 1. The Morgan fingerprint density at radius 2 is 1.65 bits per heavy atom. The van der Waals surface area contributed by atoms with Gasteiger partial charge in [0, 0.05) is 63.3 Å². The molecule has 0 radical (unpaired) electrons. The van der Waals surface area contributed by atoms with Crippen molar-refractivity contribution in [1.29, 1.82) is 0 Å². The van der Waals surface area contributed by atoms with E-state index in [9.17, 15) is 19.1 Å². The minimum absolute atomic E-state index is 0.0501. The number of hydrogen-bond donors (Lipinski definition) is 1. The standard InChI is InChI=1S/C40H53FN4O4/c1-4-49-38(47)18-6-5-7-19-42-20-11-21-43(23-22-42)40(48)35-15-9-13-33(25-35)39(34-14-10-17-37(46)26-34)45-28-30(2)44(27-31(45)3)29-32-12-8-16-36(41)24-32/h8-10,12-17,24-26,30-31,39,46H,4-7,11,18-23,27-29H2,1-3H3/t30-,31+,39?/m1/s1. The zero-order chi connectivity index (χ0) is 34.8. The molecule has 0 aliphatic carbocycles. The smallest absolute Gasteiger partial charge is 0.305 e. The van der Waals surface area contributed by atoms with Crippen molar-refractivity contribution in [1.82, 2.24) is 19.6 Å². The molecule has 1 amide bonds. The van der Waals surface area contributed by atoms with E-state index < -0.39 is 0 Å². The second-order valence-electron chi connectivity index (χ2n) is 13.7. The van der Waals surface area contributed by atoms with E-state index in [1.165, 1.54) is 6.07 Å². The largest absolute Gasteiger partial charge is 0.508 e. The maximum atomic E-state index is 14.0. The van der Waals surface area contributed by atoms with Gasteiger partial charge >= 0.3 is 5.97 Å². The van der Waals surface area contributed by atoms with Crippen LogP contribution in [-0.2, 0) is 16.1 Å². The third kappa shape index (κ3) is 10.1. The van der Waals surface area contributed by atoms with Crippen LogP contribution in [0.1, 0.15) is 86.0 Å². The van der Waals surface area contributed by atoms with Crippen LogP contribution in [-0.4, -0.2) is 101 Å². The second-order valence-corrected chi connectivity index (χ2v) is 13.7. The highest BCUT2D eigenvalue weighted by atomic mass is 19.1. The van der Waals surface area contributed by atoms with E-state index >= 15 is 0 Å². The number of piperazine rings is 1. The van der Waals surface area contributed by atoms with Gasteiger partial charge in [-0.1, -0.05) is 42.8 Å². The number of halogens is 1. The molecule has 0 saturated carbocycles. The van der Waals surface area contributed by atoms with Crippen LogP contribution in [0, 0.1) is 5.82 Å². The first kappa shape index (κ1) is 36.5. The Balaban J connectivity index is 1.26. The van der Waals surface area contributed by atoms with Gasteiger partial charge in [-0.15, -0.1) is 0 Å². The average Bonchev–Trinajstić information content (AvgIpc) is 3.33. The summed E-state index contributed by atoms with van der Waals surface area (Å²) in [6, 6.07) is 22.5. The summed E-state index contributed by atoms with van der Waals surface area (Å²) in [5, 5.41) is 10.5. The molecule has 2 aliphatic rings. The first-order valence-electron chi connectivity index (χ1n) is 18.0. The van der Waals surface area contributed by atoms with Crippen molar-refractivity contribution in [2.45, 2.75) is 77.5 Å².